The maximum atomic E-state index is 13.3. The zero-order valence-corrected chi connectivity index (χ0v) is 18.2. The topological polar surface area (TPSA) is 117 Å². The van der Waals surface area contributed by atoms with Gasteiger partial charge in [0.05, 0.1) is 27.5 Å². The molecule has 0 unspecified atom stereocenters. The Morgan fingerprint density at radius 2 is 1.84 bits per heavy atom. The number of aromatic nitrogens is 3. The summed E-state index contributed by atoms with van der Waals surface area (Å²) in [6.45, 7) is 1.89. The molecule has 2 heterocycles. The molecule has 0 amide bonds. The number of benzene rings is 2. The molecule has 0 atom stereocenters. The molecular formula is C23H20N4O4S. The molecule has 0 saturated heterocycles. The van der Waals surface area contributed by atoms with E-state index in [0.717, 1.165) is 11.8 Å². The standard InChI is InChI=1S/C23H20N4O4S/c1-15-7-3-4-9-20(15)27-23(29)17(22(26-27)18-8-5-6-12-24-18)14-25-19-13-16(32(2,30)31)10-11-21(19)28/h3-14,26,28H,1-2H3. The van der Waals surface area contributed by atoms with Crippen molar-refractivity contribution >= 4 is 21.7 Å². The van der Waals surface area contributed by atoms with Crippen molar-refractivity contribution in [1.82, 2.24) is 14.8 Å². The molecule has 4 rings (SSSR count). The minimum atomic E-state index is -3.49. The Labute approximate surface area is 184 Å². The summed E-state index contributed by atoms with van der Waals surface area (Å²) in [5, 5.41) is 13.2. The van der Waals surface area contributed by atoms with Gasteiger partial charge in [-0.2, -0.15) is 0 Å². The number of hydrogen-bond acceptors (Lipinski definition) is 6. The Morgan fingerprint density at radius 1 is 1.09 bits per heavy atom. The third kappa shape index (κ3) is 4.10. The second-order valence-corrected chi connectivity index (χ2v) is 9.24. The normalized spacial score (nSPS) is 11.8. The fraction of sp³-hybridized carbons (Fsp3) is 0.0870. The zero-order valence-electron chi connectivity index (χ0n) is 17.4. The van der Waals surface area contributed by atoms with Crippen molar-refractivity contribution in [2.75, 3.05) is 6.26 Å². The highest BCUT2D eigenvalue weighted by atomic mass is 32.2. The highest BCUT2D eigenvalue weighted by molar-refractivity contribution is 7.90. The zero-order chi connectivity index (χ0) is 22.9. The van der Waals surface area contributed by atoms with E-state index in [1.165, 1.54) is 29.1 Å². The number of pyridine rings is 1. The number of aromatic amines is 1. The Bertz CT molecular complexity index is 1490. The summed E-state index contributed by atoms with van der Waals surface area (Å²) in [7, 11) is -3.49. The summed E-state index contributed by atoms with van der Waals surface area (Å²) in [6.07, 6.45) is 3.99. The molecule has 0 bridgehead atoms. The van der Waals surface area contributed by atoms with Gasteiger partial charge in [0.1, 0.15) is 11.4 Å². The molecule has 4 aromatic rings. The first-order chi connectivity index (χ1) is 15.3. The molecule has 2 aromatic heterocycles. The second kappa shape index (κ2) is 8.27. The lowest BCUT2D eigenvalue weighted by atomic mass is 10.2. The average molecular weight is 449 g/mol. The van der Waals surface area contributed by atoms with E-state index in [-0.39, 0.29) is 27.5 Å². The Kier molecular flexibility index (Phi) is 5.50. The van der Waals surface area contributed by atoms with Gasteiger partial charge in [-0.3, -0.25) is 19.9 Å². The van der Waals surface area contributed by atoms with Crippen molar-refractivity contribution in [2.24, 2.45) is 4.99 Å². The van der Waals surface area contributed by atoms with Crippen molar-refractivity contribution in [3.8, 4) is 22.8 Å². The van der Waals surface area contributed by atoms with Crippen LogP contribution in [0, 0.1) is 6.92 Å². The van der Waals surface area contributed by atoms with Crippen LogP contribution in [0.4, 0.5) is 5.69 Å². The first-order valence-electron chi connectivity index (χ1n) is 9.65. The molecule has 32 heavy (non-hydrogen) atoms. The highest BCUT2D eigenvalue weighted by Gasteiger charge is 2.18. The van der Waals surface area contributed by atoms with Gasteiger partial charge in [0.2, 0.25) is 0 Å². The molecule has 0 spiro atoms. The monoisotopic (exact) mass is 448 g/mol. The average Bonchev–Trinajstić information content (AvgIpc) is 3.09. The van der Waals surface area contributed by atoms with Crippen LogP contribution >= 0.6 is 0 Å². The summed E-state index contributed by atoms with van der Waals surface area (Å²) < 4.78 is 25.1. The lowest BCUT2D eigenvalue weighted by Crippen LogP contribution is -2.18. The molecule has 0 fully saturated rings. The van der Waals surface area contributed by atoms with E-state index in [1.54, 1.807) is 24.4 Å². The summed E-state index contributed by atoms with van der Waals surface area (Å²) >= 11 is 0. The lowest BCUT2D eigenvalue weighted by Gasteiger charge is -2.05. The molecule has 2 aromatic carbocycles. The number of sulfone groups is 1. The van der Waals surface area contributed by atoms with Crippen molar-refractivity contribution in [3.63, 3.8) is 0 Å². The van der Waals surface area contributed by atoms with Crippen molar-refractivity contribution in [3.05, 3.63) is 88.3 Å². The van der Waals surface area contributed by atoms with Crippen LogP contribution in [0.15, 0.2) is 81.5 Å². The Hall–Kier alpha value is -3.98. The van der Waals surface area contributed by atoms with Crippen LogP contribution in [-0.2, 0) is 9.84 Å². The maximum absolute atomic E-state index is 13.3. The van der Waals surface area contributed by atoms with E-state index >= 15 is 0 Å². The third-order valence-corrected chi connectivity index (χ3v) is 6.02. The van der Waals surface area contributed by atoms with E-state index in [1.807, 2.05) is 31.2 Å². The van der Waals surface area contributed by atoms with Gasteiger partial charge < -0.3 is 5.11 Å². The molecule has 0 aliphatic rings. The smallest absolute Gasteiger partial charge is 0.280 e. The predicted molar refractivity (Wildman–Crippen MR) is 123 cm³/mol. The van der Waals surface area contributed by atoms with Crippen LogP contribution in [0.1, 0.15) is 11.1 Å². The largest absolute Gasteiger partial charge is 0.506 e. The van der Waals surface area contributed by atoms with Gasteiger partial charge in [0, 0.05) is 18.7 Å². The SMILES string of the molecule is Cc1ccccc1-n1[nH]c(-c2ccccn2)c(C=Nc2cc(S(C)(=O)=O)ccc2O)c1=O. The summed E-state index contributed by atoms with van der Waals surface area (Å²) in [4.78, 5) is 21.9. The Balaban J connectivity index is 1.89. The van der Waals surface area contributed by atoms with Crippen LogP contribution in [0.2, 0.25) is 0 Å². The molecule has 2 N–H and O–H groups in total. The van der Waals surface area contributed by atoms with Gasteiger partial charge in [-0.1, -0.05) is 24.3 Å². The highest BCUT2D eigenvalue weighted by Crippen LogP contribution is 2.29. The van der Waals surface area contributed by atoms with Crippen molar-refractivity contribution in [2.45, 2.75) is 11.8 Å². The first-order valence-corrected chi connectivity index (χ1v) is 11.5. The predicted octanol–water partition coefficient (Wildman–Crippen LogP) is 3.40. The number of nitrogens with zero attached hydrogens (tertiary/aromatic N) is 3. The van der Waals surface area contributed by atoms with Crippen LogP contribution in [-0.4, -0.2) is 40.8 Å². The van der Waals surface area contributed by atoms with Gasteiger partial charge in [0.25, 0.3) is 5.56 Å². The fourth-order valence-electron chi connectivity index (χ4n) is 3.23. The Morgan fingerprint density at radius 3 is 2.53 bits per heavy atom. The van der Waals surface area contributed by atoms with Gasteiger partial charge in [-0.15, -0.1) is 0 Å². The molecule has 8 nitrogen and oxygen atoms in total. The number of H-pyrrole nitrogens is 1. The summed E-state index contributed by atoms with van der Waals surface area (Å²) in [5.41, 5.74) is 2.44. The van der Waals surface area contributed by atoms with E-state index in [4.69, 9.17) is 0 Å². The van der Waals surface area contributed by atoms with Crippen molar-refractivity contribution < 1.29 is 13.5 Å². The second-order valence-electron chi connectivity index (χ2n) is 7.22. The molecule has 9 heteroatoms. The molecule has 0 aliphatic heterocycles. The number of aliphatic imine (C=N–C) groups is 1. The van der Waals surface area contributed by atoms with Crippen molar-refractivity contribution in [1.29, 1.82) is 0 Å². The number of para-hydroxylation sites is 1. The number of aromatic hydroxyl groups is 1. The minimum Gasteiger partial charge on any atom is -0.506 e. The van der Waals surface area contributed by atoms with Crippen LogP contribution in [0.3, 0.4) is 0 Å². The van der Waals surface area contributed by atoms with Gasteiger partial charge in [-0.25, -0.2) is 13.1 Å². The maximum Gasteiger partial charge on any atom is 0.280 e. The fourth-order valence-corrected chi connectivity index (χ4v) is 3.87. The van der Waals surface area contributed by atoms with Crippen LogP contribution in [0.5, 0.6) is 5.75 Å². The molecule has 0 radical (unpaired) electrons. The molecule has 0 aliphatic carbocycles. The van der Waals surface area contributed by atoms with Gasteiger partial charge in [-0.05, 0) is 48.9 Å². The number of aryl methyl sites for hydroxylation is 1. The van der Waals surface area contributed by atoms with E-state index in [0.29, 0.717) is 17.1 Å². The quantitative estimate of drug-likeness (QED) is 0.454. The number of rotatable bonds is 5. The summed E-state index contributed by atoms with van der Waals surface area (Å²) in [5.74, 6) is -0.206. The van der Waals surface area contributed by atoms with Crippen LogP contribution < -0.4 is 5.56 Å². The number of nitrogens with one attached hydrogen (secondary N) is 1. The van der Waals surface area contributed by atoms with Gasteiger partial charge >= 0.3 is 0 Å². The molecule has 0 saturated carbocycles. The number of phenols is 1. The number of phenolic OH excluding ortho intramolecular Hbond substituents is 1. The first kappa shape index (κ1) is 21.3. The number of hydrogen-bond donors (Lipinski definition) is 2. The van der Waals surface area contributed by atoms with E-state index in [9.17, 15) is 18.3 Å². The summed E-state index contributed by atoms with van der Waals surface area (Å²) in [6, 6.07) is 16.6. The third-order valence-electron chi connectivity index (χ3n) is 4.91. The van der Waals surface area contributed by atoms with E-state index in [2.05, 4.69) is 15.1 Å². The molecule has 162 valence electrons. The lowest BCUT2D eigenvalue weighted by molar-refractivity contribution is 0.476. The molecular weight excluding hydrogens is 428 g/mol. The van der Waals surface area contributed by atoms with Crippen LogP contribution in [0.25, 0.3) is 17.1 Å². The minimum absolute atomic E-state index is 0.0128. The van der Waals surface area contributed by atoms with Gasteiger partial charge in [0.15, 0.2) is 9.84 Å². The van der Waals surface area contributed by atoms with E-state index < -0.39 is 9.84 Å².